The third-order valence-corrected chi connectivity index (χ3v) is 4.67. The molecule has 2 atom stereocenters. The van der Waals surface area contributed by atoms with Crippen molar-refractivity contribution in [3.05, 3.63) is 23.3 Å². The van der Waals surface area contributed by atoms with Gasteiger partial charge in [-0.3, -0.25) is 9.69 Å². The Bertz CT molecular complexity index is 739. The Morgan fingerprint density at radius 2 is 2.07 bits per heavy atom. The van der Waals surface area contributed by atoms with Crippen molar-refractivity contribution in [3.8, 4) is 11.5 Å². The summed E-state index contributed by atoms with van der Waals surface area (Å²) in [7, 11) is -1.06. The Balaban J connectivity index is 1.67. The molecule has 1 unspecified atom stereocenters. The van der Waals surface area contributed by atoms with Gasteiger partial charge >= 0.3 is 19.1 Å². The molecule has 0 aliphatic carbocycles. The van der Waals surface area contributed by atoms with Crippen molar-refractivity contribution >= 4 is 19.1 Å². The zero-order valence-electron chi connectivity index (χ0n) is 14.4. The first-order valence-corrected chi connectivity index (χ1v) is 8.56. The quantitative estimate of drug-likeness (QED) is 0.370. The van der Waals surface area contributed by atoms with Crippen LogP contribution in [0.5, 0.6) is 11.5 Å². The number of aliphatic carboxylic acids is 1. The Morgan fingerprint density at radius 3 is 2.70 bits per heavy atom. The molecule has 1 aromatic carbocycles. The second-order valence-electron chi connectivity index (χ2n) is 6.71. The van der Waals surface area contributed by atoms with Crippen LogP contribution in [-0.4, -0.2) is 75.8 Å². The molecule has 1 aromatic rings. The summed E-state index contributed by atoms with van der Waals surface area (Å²) in [6, 6.07) is 2.33. The van der Waals surface area contributed by atoms with Crippen LogP contribution in [0.3, 0.4) is 0 Å². The van der Waals surface area contributed by atoms with Crippen molar-refractivity contribution in [1.29, 1.82) is 0 Å². The van der Waals surface area contributed by atoms with Crippen LogP contribution in [0, 0.1) is 0 Å². The molecule has 146 valence electrons. The number of aliphatic hydroxyl groups is 1. The topological polar surface area (TPSA) is 163 Å². The molecule has 11 heteroatoms. The van der Waals surface area contributed by atoms with Crippen molar-refractivity contribution in [2.24, 2.45) is 5.73 Å². The fourth-order valence-corrected chi connectivity index (χ4v) is 3.23. The molecule has 2 aliphatic rings. The average molecular weight is 380 g/mol. The lowest BCUT2D eigenvalue weighted by atomic mass is 9.78. The van der Waals surface area contributed by atoms with E-state index in [0.29, 0.717) is 18.3 Å². The first-order chi connectivity index (χ1) is 12.8. The van der Waals surface area contributed by atoms with Crippen LogP contribution in [0.4, 0.5) is 0 Å². The molecule has 0 radical (unpaired) electrons. The van der Waals surface area contributed by atoms with Crippen LogP contribution in [0.2, 0.25) is 6.32 Å². The molecule has 0 saturated carbocycles. The fraction of sp³-hybridized carbons (Fsp3) is 0.500. The summed E-state index contributed by atoms with van der Waals surface area (Å²) in [4.78, 5) is 23.9. The zero-order chi connectivity index (χ0) is 19.7. The van der Waals surface area contributed by atoms with E-state index < -0.39 is 31.3 Å². The predicted octanol–water partition coefficient (Wildman–Crippen LogP) is -1.02. The highest BCUT2D eigenvalue weighted by Crippen LogP contribution is 2.37. The number of carboxylic acids is 2. The number of hydrogen-bond acceptors (Lipinski definition) is 8. The fourth-order valence-electron chi connectivity index (χ4n) is 3.23. The molecule has 1 fully saturated rings. The molecule has 6 N–H and O–H groups in total. The number of likely N-dealkylation sites (tertiary alicyclic amines) is 1. The van der Waals surface area contributed by atoms with E-state index in [1.165, 1.54) is 0 Å². The van der Waals surface area contributed by atoms with Crippen molar-refractivity contribution in [2.75, 3.05) is 13.1 Å². The third-order valence-electron chi connectivity index (χ3n) is 4.67. The Labute approximate surface area is 155 Å². The van der Waals surface area contributed by atoms with E-state index in [9.17, 15) is 24.8 Å². The number of fused-ring (bicyclic) bond motifs is 1. The molecule has 0 aromatic heterocycles. The molecule has 27 heavy (non-hydrogen) atoms. The lowest BCUT2D eigenvalue weighted by Crippen LogP contribution is -2.62. The SMILES string of the molecule is N[C@H](CC(=O)O)C(O)N1CC(Oc2ccc3c(c2C(=O)O)OB(O)CC3)C1. The number of rotatable bonds is 7. The number of aryl methyl sites for hydroxylation is 1. The maximum Gasteiger partial charge on any atom is 0.522 e. The van der Waals surface area contributed by atoms with Gasteiger partial charge in [-0.05, 0) is 24.4 Å². The minimum Gasteiger partial charge on any atom is -0.535 e. The molecule has 3 rings (SSSR count). The van der Waals surface area contributed by atoms with E-state index >= 15 is 0 Å². The smallest absolute Gasteiger partial charge is 0.522 e. The summed E-state index contributed by atoms with van der Waals surface area (Å²) in [5.74, 6) is -2.10. The van der Waals surface area contributed by atoms with Crippen LogP contribution in [-0.2, 0) is 11.2 Å². The van der Waals surface area contributed by atoms with Crippen LogP contribution >= 0.6 is 0 Å². The number of nitrogens with zero attached hydrogens (tertiary/aromatic N) is 1. The normalized spacial score (nSPS) is 19.4. The minimum absolute atomic E-state index is 0.110. The van der Waals surface area contributed by atoms with Crippen molar-refractivity contribution in [3.63, 3.8) is 0 Å². The molecule has 0 amide bonds. The number of carbonyl (C=O) groups is 2. The van der Waals surface area contributed by atoms with Gasteiger partial charge in [-0.25, -0.2) is 4.79 Å². The molecule has 1 saturated heterocycles. The standard InChI is InChI=1S/C16H21BN2O8/c18-10(5-12(20)21)15(22)19-6-9(7-19)26-11-2-1-8-3-4-17(25)27-14(8)13(11)16(23)24/h1-2,9-10,15,22,25H,3-7,18H2,(H,20,21)(H,23,24)/t10-,15?/m1/s1. The van der Waals surface area contributed by atoms with Gasteiger partial charge in [0.2, 0.25) is 0 Å². The number of ether oxygens (including phenoxy) is 1. The summed E-state index contributed by atoms with van der Waals surface area (Å²) in [5.41, 5.74) is 6.19. The molecule has 0 spiro atoms. The number of hydrogen-bond donors (Lipinski definition) is 5. The molecule has 10 nitrogen and oxygen atoms in total. The molecular formula is C16H21BN2O8. The minimum atomic E-state index is -1.23. The summed E-state index contributed by atoms with van der Waals surface area (Å²) < 4.78 is 11.0. The van der Waals surface area contributed by atoms with E-state index in [-0.39, 0.29) is 42.7 Å². The molecular weight excluding hydrogens is 359 g/mol. The van der Waals surface area contributed by atoms with E-state index in [0.717, 1.165) is 0 Å². The van der Waals surface area contributed by atoms with Crippen LogP contribution < -0.4 is 15.1 Å². The predicted molar refractivity (Wildman–Crippen MR) is 92.7 cm³/mol. The summed E-state index contributed by atoms with van der Waals surface area (Å²) >= 11 is 0. The van der Waals surface area contributed by atoms with E-state index in [1.54, 1.807) is 17.0 Å². The van der Waals surface area contributed by atoms with Gasteiger partial charge in [-0.2, -0.15) is 0 Å². The van der Waals surface area contributed by atoms with Gasteiger partial charge in [0, 0.05) is 13.1 Å². The first kappa shape index (κ1) is 19.4. The largest absolute Gasteiger partial charge is 0.535 e. The van der Waals surface area contributed by atoms with Gasteiger partial charge < -0.3 is 35.5 Å². The first-order valence-electron chi connectivity index (χ1n) is 8.56. The van der Waals surface area contributed by atoms with Crippen LogP contribution in [0.25, 0.3) is 0 Å². The Morgan fingerprint density at radius 1 is 1.37 bits per heavy atom. The number of carboxylic acid groups (broad SMARTS) is 2. The Hall–Kier alpha value is -2.34. The summed E-state index contributed by atoms with van der Waals surface area (Å²) in [5, 5.41) is 38.0. The van der Waals surface area contributed by atoms with E-state index in [2.05, 4.69) is 0 Å². The van der Waals surface area contributed by atoms with E-state index in [4.69, 9.17) is 20.2 Å². The molecule has 2 heterocycles. The highest BCUT2D eigenvalue weighted by Gasteiger charge is 2.37. The highest BCUT2D eigenvalue weighted by atomic mass is 16.5. The second kappa shape index (κ2) is 7.73. The van der Waals surface area contributed by atoms with Crippen molar-refractivity contribution < 1.29 is 39.3 Å². The Kier molecular flexibility index (Phi) is 5.56. The summed E-state index contributed by atoms with van der Waals surface area (Å²) in [6.45, 7) is 0.544. The van der Waals surface area contributed by atoms with Crippen LogP contribution in [0.1, 0.15) is 22.3 Å². The van der Waals surface area contributed by atoms with Gasteiger partial charge in [0.25, 0.3) is 0 Å². The molecule has 0 bridgehead atoms. The monoisotopic (exact) mass is 380 g/mol. The number of nitrogens with two attached hydrogens (primary N) is 1. The third kappa shape index (κ3) is 4.16. The lowest BCUT2D eigenvalue weighted by Gasteiger charge is -2.43. The second-order valence-corrected chi connectivity index (χ2v) is 6.71. The average Bonchev–Trinajstić information content (AvgIpc) is 2.55. The zero-order valence-corrected chi connectivity index (χ0v) is 14.4. The highest BCUT2D eigenvalue weighted by molar-refractivity contribution is 6.44. The van der Waals surface area contributed by atoms with Crippen molar-refractivity contribution in [2.45, 2.75) is 37.5 Å². The van der Waals surface area contributed by atoms with Crippen LogP contribution in [0.15, 0.2) is 12.1 Å². The maximum absolute atomic E-state index is 11.7. The van der Waals surface area contributed by atoms with Gasteiger partial charge in [-0.1, -0.05) is 6.07 Å². The van der Waals surface area contributed by atoms with Gasteiger partial charge in [0.15, 0.2) is 0 Å². The van der Waals surface area contributed by atoms with Gasteiger partial charge in [-0.15, -0.1) is 0 Å². The van der Waals surface area contributed by atoms with Crippen molar-refractivity contribution in [1.82, 2.24) is 4.90 Å². The van der Waals surface area contributed by atoms with Gasteiger partial charge in [0.1, 0.15) is 29.4 Å². The maximum atomic E-state index is 11.7. The van der Waals surface area contributed by atoms with Gasteiger partial charge in [0.05, 0.1) is 12.5 Å². The number of benzene rings is 1. The summed E-state index contributed by atoms with van der Waals surface area (Å²) in [6.07, 6.45) is -0.986. The van der Waals surface area contributed by atoms with E-state index in [1.807, 2.05) is 0 Å². The number of aliphatic hydroxyl groups excluding tert-OH is 1. The lowest BCUT2D eigenvalue weighted by molar-refractivity contribution is -0.141. The number of aromatic carboxylic acids is 1. The molecule has 2 aliphatic heterocycles.